The fourth-order valence-electron chi connectivity index (χ4n) is 2.01. The highest BCUT2D eigenvalue weighted by atomic mass is 16.1. The van der Waals surface area contributed by atoms with Gasteiger partial charge in [-0.2, -0.15) is 0 Å². The van der Waals surface area contributed by atoms with Gasteiger partial charge in [0.1, 0.15) is 11.4 Å². The van der Waals surface area contributed by atoms with Crippen LogP contribution in [0.5, 0.6) is 0 Å². The van der Waals surface area contributed by atoms with Crippen molar-refractivity contribution in [2.24, 2.45) is 0 Å². The zero-order chi connectivity index (χ0) is 14.2. The van der Waals surface area contributed by atoms with Gasteiger partial charge in [-0.3, -0.25) is 9.59 Å². The first-order valence-corrected chi connectivity index (χ1v) is 6.80. The van der Waals surface area contributed by atoms with Crippen molar-refractivity contribution >= 4 is 11.6 Å². The van der Waals surface area contributed by atoms with Crippen molar-refractivity contribution in [3.63, 3.8) is 0 Å². The van der Waals surface area contributed by atoms with Gasteiger partial charge in [-0.15, -0.1) is 0 Å². The van der Waals surface area contributed by atoms with Gasteiger partial charge in [-0.05, 0) is 12.8 Å². The molecule has 0 radical (unpaired) electrons. The van der Waals surface area contributed by atoms with E-state index in [-0.39, 0.29) is 11.6 Å². The highest BCUT2D eigenvalue weighted by Crippen LogP contribution is 2.10. The third kappa shape index (κ3) is 4.15. The number of imidazole rings is 2. The highest BCUT2D eigenvalue weighted by Gasteiger charge is 2.08. The van der Waals surface area contributed by atoms with Crippen LogP contribution in [0.4, 0.5) is 0 Å². The number of ketones is 2. The standard InChI is InChI=1S/C14H18N4O2/c19-13(11-7-15-9-17-11)5-3-1-2-4-6-14(20)12-8-16-10-18-12/h7-10H,1-6H2,(H,15,17)(H,16,18). The van der Waals surface area contributed by atoms with E-state index in [1.165, 1.54) is 12.7 Å². The van der Waals surface area contributed by atoms with Crippen molar-refractivity contribution in [1.29, 1.82) is 0 Å². The third-order valence-electron chi connectivity index (χ3n) is 3.15. The normalized spacial score (nSPS) is 10.6. The Balaban J connectivity index is 1.54. The molecule has 6 nitrogen and oxygen atoms in total. The molecule has 106 valence electrons. The number of rotatable bonds is 9. The molecule has 0 amide bonds. The summed E-state index contributed by atoms with van der Waals surface area (Å²) in [6.07, 6.45) is 10.8. The van der Waals surface area contributed by atoms with Gasteiger partial charge < -0.3 is 9.97 Å². The van der Waals surface area contributed by atoms with Crippen LogP contribution in [0.25, 0.3) is 0 Å². The molecule has 2 aromatic heterocycles. The molecule has 0 aliphatic rings. The number of unbranched alkanes of at least 4 members (excludes halogenated alkanes) is 3. The van der Waals surface area contributed by atoms with Gasteiger partial charge in [0.05, 0.1) is 25.0 Å². The van der Waals surface area contributed by atoms with Crippen LogP contribution in [0.15, 0.2) is 25.0 Å². The number of H-pyrrole nitrogens is 2. The number of hydrogen-bond acceptors (Lipinski definition) is 4. The first-order valence-electron chi connectivity index (χ1n) is 6.80. The van der Waals surface area contributed by atoms with E-state index < -0.39 is 0 Å². The lowest BCUT2D eigenvalue weighted by Crippen LogP contribution is -2.00. The summed E-state index contributed by atoms with van der Waals surface area (Å²) in [4.78, 5) is 36.6. The van der Waals surface area contributed by atoms with Crippen LogP contribution in [0.2, 0.25) is 0 Å². The van der Waals surface area contributed by atoms with Crippen LogP contribution in [0, 0.1) is 0 Å². The van der Waals surface area contributed by atoms with Gasteiger partial charge in [0, 0.05) is 12.8 Å². The second-order valence-corrected chi connectivity index (χ2v) is 4.69. The number of carbonyl (C=O) groups is 2. The van der Waals surface area contributed by atoms with Gasteiger partial charge in [-0.1, -0.05) is 12.8 Å². The maximum absolute atomic E-state index is 11.7. The Morgan fingerprint density at radius 2 is 1.25 bits per heavy atom. The Bertz CT molecular complexity index is 481. The summed E-state index contributed by atoms with van der Waals surface area (Å²) in [6, 6.07) is 0. The Kier molecular flexibility index (Phi) is 5.23. The molecule has 0 unspecified atom stereocenters. The number of aromatic nitrogens is 4. The van der Waals surface area contributed by atoms with Gasteiger partial charge >= 0.3 is 0 Å². The minimum absolute atomic E-state index is 0.0936. The minimum Gasteiger partial charge on any atom is -0.342 e. The number of nitrogens with zero attached hydrogens (tertiary/aromatic N) is 2. The summed E-state index contributed by atoms with van der Waals surface area (Å²) in [5.41, 5.74) is 1.14. The Hall–Kier alpha value is -2.24. The molecule has 0 aliphatic heterocycles. The lowest BCUT2D eigenvalue weighted by molar-refractivity contribution is 0.0962. The largest absolute Gasteiger partial charge is 0.342 e. The topological polar surface area (TPSA) is 91.5 Å². The minimum atomic E-state index is 0.0936. The predicted octanol–water partition coefficient (Wildman–Crippen LogP) is 2.54. The molecule has 0 spiro atoms. The summed E-state index contributed by atoms with van der Waals surface area (Å²) in [6.45, 7) is 0. The second kappa shape index (κ2) is 7.37. The Morgan fingerprint density at radius 1 is 0.800 bits per heavy atom. The van der Waals surface area contributed by atoms with Gasteiger partial charge in [0.15, 0.2) is 11.6 Å². The van der Waals surface area contributed by atoms with E-state index in [0.29, 0.717) is 24.2 Å². The molecule has 20 heavy (non-hydrogen) atoms. The maximum atomic E-state index is 11.7. The van der Waals surface area contributed by atoms with Crippen LogP contribution in [-0.4, -0.2) is 31.5 Å². The maximum Gasteiger partial charge on any atom is 0.180 e. The average Bonchev–Trinajstić information content (AvgIpc) is 3.14. The van der Waals surface area contributed by atoms with Crippen LogP contribution in [0.1, 0.15) is 59.5 Å². The van der Waals surface area contributed by atoms with Gasteiger partial charge in [0.2, 0.25) is 0 Å². The Morgan fingerprint density at radius 3 is 1.60 bits per heavy atom. The summed E-state index contributed by atoms with van der Waals surface area (Å²) >= 11 is 0. The van der Waals surface area contributed by atoms with E-state index in [9.17, 15) is 9.59 Å². The van der Waals surface area contributed by atoms with E-state index in [2.05, 4.69) is 19.9 Å². The molecular weight excluding hydrogens is 256 g/mol. The fourth-order valence-corrected chi connectivity index (χ4v) is 2.01. The molecule has 0 saturated carbocycles. The summed E-state index contributed by atoms with van der Waals surface area (Å²) in [5.74, 6) is 0.187. The molecule has 0 aliphatic carbocycles. The van der Waals surface area contributed by atoms with Gasteiger partial charge in [-0.25, -0.2) is 9.97 Å². The highest BCUT2D eigenvalue weighted by molar-refractivity contribution is 5.94. The van der Waals surface area contributed by atoms with E-state index in [4.69, 9.17) is 0 Å². The van der Waals surface area contributed by atoms with E-state index in [1.54, 1.807) is 12.4 Å². The predicted molar refractivity (Wildman–Crippen MR) is 73.5 cm³/mol. The number of Topliss-reactive ketones (excluding diaryl/α,β-unsaturated/α-hetero) is 2. The number of hydrogen-bond donors (Lipinski definition) is 2. The van der Waals surface area contributed by atoms with Crippen molar-refractivity contribution in [1.82, 2.24) is 19.9 Å². The van der Waals surface area contributed by atoms with Gasteiger partial charge in [0.25, 0.3) is 0 Å². The molecular formula is C14H18N4O2. The molecule has 2 heterocycles. The molecule has 6 heteroatoms. The van der Waals surface area contributed by atoms with Crippen molar-refractivity contribution in [2.45, 2.75) is 38.5 Å². The van der Waals surface area contributed by atoms with Crippen molar-refractivity contribution in [3.8, 4) is 0 Å². The molecule has 0 bridgehead atoms. The summed E-state index contributed by atoms with van der Waals surface area (Å²) in [5, 5.41) is 0. The number of aromatic amines is 2. The molecule has 2 N–H and O–H groups in total. The lowest BCUT2D eigenvalue weighted by Gasteiger charge is -2.00. The first kappa shape index (κ1) is 14.2. The van der Waals surface area contributed by atoms with Crippen LogP contribution in [0.3, 0.4) is 0 Å². The molecule has 0 fully saturated rings. The van der Waals surface area contributed by atoms with E-state index >= 15 is 0 Å². The smallest absolute Gasteiger partial charge is 0.180 e. The second-order valence-electron chi connectivity index (χ2n) is 4.69. The summed E-state index contributed by atoms with van der Waals surface area (Å²) < 4.78 is 0. The monoisotopic (exact) mass is 274 g/mol. The third-order valence-corrected chi connectivity index (χ3v) is 3.15. The zero-order valence-corrected chi connectivity index (χ0v) is 11.3. The molecule has 2 aromatic rings. The SMILES string of the molecule is O=C(CCCCCCC(=O)c1cnc[nH]1)c1cnc[nH]1. The molecule has 0 aromatic carbocycles. The Labute approximate surface area is 117 Å². The van der Waals surface area contributed by atoms with E-state index in [1.807, 2.05) is 0 Å². The van der Waals surface area contributed by atoms with Crippen LogP contribution in [-0.2, 0) is 0 Å². The lowest BCUT2D eigenvalue weighted by atomic mass is 10.1. The molecule has 2 rings (SSSR count). The average molecular weight is 274 g/mol. The van der Waals surface area contributed by atoms with Crippen LogP contribution >= 0.6 is 0 Å². The number of nitrogens with one attached hydrogen (secondary N) is 2. The van der Waals surface area contributed by atoms with Crippen molar-refractivity contribution < 1.29 is 9.59 Å². The zero-order valence-electron chi connectivity index (χ0n) is 11.3. The quantitative estimate of drug-likeness (QED) is 0.543. The van der Waals surface area contributed by atoms with Crippen molar-refractivity contribution in [3.05, 3.63) is 36.4 Å². The summed E-state index contributed by atoms with van der Waals surface area (Å²) in [7, 11) is 0. The molecule has 0 saturated heterocycles. The number of carbonyl (C=O) groups excluding carboxylic acids is 2. The first-order chi connectivity index (χ1) is 9.77. The van der Waals surface area contributed by atoms with Crippen molar-refractivity contribution in [2.75, 3.05) is 0 Å². The van der Waals surface area contributed by atoms with Crippen LogP contribution < -0.4 is 0 Å². The fraction of sp³-hybridized carbons (Fsp3) is 0.429. The molecule has 0 atom stereocenters. The van der Waals surface area contributed by atoms with E-state index in [0.717, 1.165) is 25.7 Å².